The zero-order valence-electron chi connectivity index (χ0n) is 18.0. The van der Waals surface area contributed by atoms with Crippen molar-refractivity contribution < 1.29 is 9.53 Å². The van der Waals surface area contributed by atoms with Gasteiger partial charge in [-0.05, 0) is 62.4 Å². The van der Waals surface area contributed by atoms with E-state index in [0.29, 0.717) is 5.90 Å². The van der Waals surface area contributed by atoms with E-state index in [1.54, 1.807) is 0 Å². The van der Waals surface area contributed by atoms with Crippen LogP contribution in [0.25, 0.3) is 5.69 Å². The number of benzene rings is 2. The number of rotatable bonds is 4. The third-order valence-electron chi connectivity index (χ3n) is 5.30. The Morgan fingerprint density at radius 1 is 0.933 bits per heavy atom. The number of carbonyl (C=O) groups is 1. The number of hydrogen-bond donors (Lipinski definition) is 0. The first-order chi connectivity index (χ1) is 14.3. The van der Waals surface area contributed by atoms with Gasteiger partial charge in [-0.25, -0.2) is 0 Å². The molecule has 1 unspecified atom stereocenters. The number of aryl methyl sites for hydroxylation is 2. The summed E-state index contributed by atoms with van der Waals surface area (Å²) < 4.78 is 8.31. The molecule has 1 aliphatic heterocycles. The van der Waals surface area contributed by atoms with Gasteiger partial charge in [0.25, 0.3) is 0 Å². The normalized spacial score (nSPS) is 15.7. The predicted molar refractivity (Wildman–Crippen MR) is 119 cm³/mol. The summed E-state index contributed by atoms with van der Waals surface area (Å²) in [7, 11) is 3.98. The molecule has 0 saturated carbocycles. The summed E-state index contributed by atoms with van der Waals surface area (Å²) in [6.45, 7) is 5.67. The molecule has 2 aromatic carbocycles. The lowest BCUT2D eigenvalue weighted by Crippen LogP contribution is -2.25. The summed E-state index contributed by atoms with van der Waals surface area (Å²) in [4.78, 5) is 14.2. The van der Waals surface area contributed by atoms with Gasteiger partial charge >= 0.3 is 0 Å². The van der Waals surface area contributed by atoms with Crippen LogP contribution in [0, 0.1) is 13.8 Å². The maximum absolute atomic E-state index is 12.2. The molecule has 1 aromatic heterocycles. The van der Waals surface area contributed by atoms with Crippen molar-refractivity contribution in [1.29, 1.82) is 0 Å². The largest absolute Gasteiger partial charge is 0.446 e. The molecule has 0 saturated heterocycles. The molecule has 0 aliphatic carbocycles. The highest BCUT2D eigenvalue weighted by Gasteiger charge is 2.33. The lowest BCUT2D eigenvalue weighted by molar-refractivity contribution is -0.135. The molecule has 0 bridgehead atoms. The Balaban J connectivity index is 1.60. The van der Waals surface area contributed by atoms with Crippen LogP contribution in [-0.2, 0) is 9.53 Å². The van der Waals surface area contributed by atoms with Gasteiger partial charge in [-0.1, -0.05) is 12.1 Å². The number of anilines is 1. The molecule has 6 heteroatoms. The Kier molecular flexibility index (Phi) is 5.08. The summed E-state index contributed by atoms with van der Waals surface area (Å²) in [5.74, 6) is 0.279. The second kappa shape index (κ2) is 7.71. The lowest BCUT2D eigenvalue weighted by Gasteiger charge is -2.20. The van der Waals surface area contributed by atoms with E-state index in [0.717, 1.165) is 22.5 Å². The Labute approximate surface area is 177 Å². The average Bonchev–Trinajstić information content (AvgIpc) is 3.32. The van der Waals surface area contributed by atoms with Gasteiger partial charge in [0.2, 0.25) is 18.0 Å². The topological polar surface area (TPSA) is 50.1 Å². The van der Waals surface area contributed by atoms with E-state index in [1.807, 2.05) is 67.5 Å². The minimum Gasteiger partial charge on any atom is -0.446 e. The van der Waals surface area contributed by atoms with Crippen LogP contribution in [0.4, 0.5) is 5.69 Å². The molecule has 1 amide bonds. The summed E-state index contributed by atoms with van der Waals surface area (Å²) in [6, 6.07) is 20.2. The van der Waals surface area contributed by atoms with E-state index >= 15 is 0 Å². The first-order valence-electron chi connectivity index (χ1n) is 9.93. The van der Waals surface area contributed by atoms with Gasteiger partial charge < -0.3 is 14.2 Å². The van der Waals surface area contributed by atoms with Crippen molar-refractivity contribution in [2.24, 2.45) is 5.10 Å². The highest BCUT2D eigenvalue weighted by atomic mass is 16.5. The third-order valence-corrected chi connectivity index (χ3v) is 5.30. The molecule has 1 aliphatic rings. The highest BCUT2D eigenvalue weighted by Crippen LogP contribution is 2.31. The highest BCUT2D eigenvalue weighted by molar-refractivity contribution is 5.96. The Hall–Kier alpha value is -3.54. The smallest absolute Gasteiger partial charge is 0.243 e. The second-order valence-corrected chi connectivity index (χ2v) is 7.72. The number of nitrogens with zero attached hydrogens (tertiary/aromatic N) is 4. The van der Waals surface area contributed by atoms with E-state index in [9.17, 15) is 4.79 Å². The van der Waals surface area contributed by atoms with Crippen molar-refractivity contribution in [3.63, 3.8) is 0 Å². The molecular weight excluding hydrogens is 376 g/mol. The van der Waals surface area contributed by atoms with Crippen molar-refractivity contribution in [2.45, 2.75) is 27.0 Å². The minimum atomic E-state index is -0.567. The number of hydrazone groups is 1. The first kappa shape index (κ1) is 19.8. The first-order valence-corrected chi connectivity index (χ1v) is 9.93. The van der Waals surface area contributed by atoms with Crippen LogP contribution in [0.5, 0.6) is 0 Å². The van der Waals surface area contributed by atoms with Gasteiger partial charge in [-0.3, -0.25) is 4.79 Å². The monoisotopic (exact) mass is 402 g/mol. The van der Waals surface area contributed by atoms with E-state index in [1.165, 1.54) is 23.3 Å². The number of hydrogen-bond acceptors (Lipinski definition) is 4. The van der Waals surface area contributed by atoms with E-state index in [4.69, 9.17) is 4.74 Å². The average molecular weight is 402 g/mol. The van der Waals surface area contributed by atoms with Crippen molar-refractivity contribution in [3.8, 4) is 5.69 Å². The van der Waals surface area contributed by atoms with Gasteiger partial charge in [0, 0.05) is 54.9 Å². The number of amides is 1. The molecule has 6 nitrogen and oxygen atoms in total. The third kappa shape index (κ3) is 3.56. The molecule has 0 spiro atoms. The van der Waals surface area contributed by atoms with Crippen molar-refractivity contribution in [1.82, 2.24) is 9.58 Å². The predicted octanol–water partition coefficient (Wildman–Crippen LogP) is 4.40. The van der Waals surface area contributed by atoms with Crippen molar-refractivity contribution >= 4 is 17.5 Å². The SMILES string of the molecule is CC(=O)N1N=C(c2ccc(-n3c(C)ccc3C)cc2)OC1c1ccc(N(C)C)cc1. The number of ether oxygens (including phenoxy) is 1. The molecule has 3 aromatic rings. The van der Waals surface area contributed by atoms with Gasteiger partial charge in [0.05, 0.1) is 0 Å². The number of aromatic nitrogens is 1. The van der Waals surface area contributed by atoms with Gasteiger partial charge in [-0.15, -0.1) is 5.10 Å². The quantitative estimate of drug-likeness (QED) is 0.650. The van der Waals surface area contributed by atoms with E-state index < -0.39 is 6.23 Å². The van der Waals surface area contributed by atoms with Gasteiger partial charge in [0.1, 0.15) is 0 Å². The van der Waals surface area contributed by atoms with E-state index in [-0.39, 0.29) is 5.91 Å². The Bertz CT molecular complexity index is 1080. The summed E-state index contributed by atoms with van der Waals surface area (Å²) in [5, 5.41) is 5.86. The lowest BCUT2D eigenvalue weighted by atomic mass is 10.1. The summed E-state index contributed by atoms with van der Waals surface area (Å²) >= 11 is 0. The van der Waals surface area contributed by atoms with Crippen LogP contribution in [0.2, 0.25) is 0 Å². The molecule has 0 radical (unpaired) electrons. The molecule has 0 fully saturated rings. The Morgan fingerprint density at radius 3 is 2.07 bits per heavy atom. The van der Waals surface area contributed by atoms with Gasteiger partial charge in [-0.2, -0.15) is 5.01 Å². The molecule has 154 valence electrons. The second-order valence-electron chi connectivity index (χ2n) is 7.72. The van der Waals surface area contributed by atoms with Gasteiger partial charge in [0.15, 0.2) is 0 Å². The van der Waals surface area contributed by atoms with Crippen LogP contribution in [-0.4, -0.2) is 35.5 Å². The fourth-order valence-corrected chi connectivity index (χ4v) is 3.67. The maximum atomic E-state index is 12.2. The van der Waals surface area contributed by atoms with Crippen molar-refractivity contribution in [2.75, 3.05) is 19.0 Å². The molecule has 0 N–H and O–H groups in total. The van der Waals surface area contributed by atoms with Crippen LogP contribution in [0.1, 0.15) is 35.7 Å². The zero-order valence-corrected chi connectivity index (χ0v) is 18.0. The minimum absolute atomic E-state index is 0.165. The Morgan fingerprint density at radius 2 is 1.53 bits per heavy atom. The molecule has 1 atom stereocenters. The fraction of sp³-hybridized carbons (Fsp3) is 0.250. The van der Waals surface area contributed by atoms with Crippen LogP contribution in [0.15, 0.2) is 65.8 Å². The standard InChI is InChI=1S/C24H26N4O2/c1-16-6-7-17(2)27(16)22-14-8-19(9-15-22)23-25-28(18(3)29)24(30-23)20-10-12-21(13-11-20)26(4)5/h6-15,24H,1-5H3. The molecule has 4 rings (SSSR count). The summed E-state index contributed by atoms with van der Waals surface area (Å²) in [5.41, 5.74) is 6.23. The molecular formula is C24H26N4O2. The molecule has 2 heterocycles. The summed E-state index contributed by atoms with van der Waals surface area (Å²) in [6.07, 6.45) is -0.567. The van der Waals surface area contributed by atoms with Crippen LogP contribution >= 0.6 is 0 Å². The zero-order chi connectivity index (χ0) is 21.4. The van der Waals surface area contributed by atoms with Crippen molar-refractivity contribution in [3.05, 3.63) is 83.2 Å². The maximum Gasteiger partial charge on any atom is 0.243 e. The number of carbonyl (C=O) groups excluding carboxylic acids is 1. The molecule has 30 heavy (non-hydrogen) atoms. The van der Waals surface area contributed by atoms with Crippen LogP contribution < -0.4 is 4.90 Å². The van der Waals surface area contributed by atoms with Crippen LogP contribution in [0.3, 0.4) is 0 Å². The fourth-order valence-electron chi connectivity index (χ4n) is 3.67. The van der Waals surface area contributed by atoms with E-state index in [2.05, 4.69) is 35.6 Å².